The van der Waals surface area contributed by atoms with Crippen LogP contribution in [0.4, 0.5) is 0 Å². The van der Waals surface area contributed by atoms with Crippen molar-refractivity contribution in [3.05, 3.63) is 30.0 Å². The summed E-state index contributed by atoms with van der Waals surface area (Å²) in [6.07, 6.45) is 3.51. The lowest BCUT2D eigenvalue weighted by Gasteiger charge is -2.43. The van der Waals surface area contributed by atoms with Crippen LogP contribution in [0.1, 0.15) is 36.2 Å². The van der Waals surface area contributed by atoms with Crippen molar-refractivity contribution in [2.75, 3.05) is 19.8 Å². The fourth-order valence-electron chi connectivity index (χ4n) is 3.63. The van der Waals surface area contributed by atoms with Crippen molar-refractivity contribution in [3.63, 3.8) is 0 Å². The zero-order valence-corrected chi connectivity index (χ0v) is 13.0. The molecule has 4 rings (SSSR count). The molecule has 1 spiro atoms. The molecule has 2 N–H and O–H groups in total. The first-order chi connectivity index (χ1) is 11.3. The van der Waals surface area contributed by atoms with E-state index in [2.05, 4.69) is 15.5 Å². The van der Waals surface area contributed by atoms with Crippen LogP contribution in [-0.4, -0.2) is 47.6 Å². The van der Waals surface area contributed by atoms with Crippen LogP contribution in [-0.2, 0) is 9.47 Å². The van der Waals surface area contributed by atoms with Gasteiger partial charge in [-0.2, -0.15) is 5.10 Å². The molecular formula is C17H21N3O3. The van der Waals surface area contributed by atoms with Gasteiger partial charge in [-0.05, 0) is 31.7 Å². The second-order valence-electron chi connectivity index (χ2n) is 6.42. The monoisotopic (exact) mass is 315 g/mol. The number of nitrogens with zero attached hydrogens (tertiary/aromatic N) is 1. The van der Waals surface area contributed by atoms with Gasteiger partial charge in [0.15, 0.2) is 5.69 Å². The number of rotatable bonds is 2. The molecule has 6 nitrogen and oxygen atoms in total. The van der Waals surface area contributed by atoms with Crippen molar-refractivity contribution in [1.82, 2.24) is 15.5 Å². The Kier molecular flexibility index (Phi) is 3.79. The highest BCUT2D eigenvalue weighted by atomic mass is 16.5. The minimum absolute atomic E-state index is 0.114. The van der Waals surface area contributed by atoms with Gasteiger partial charge < -0.3 is 14.8 Å². The normalized spacial score (nSPS) is 23.9. The van der Waals surface area contributed by atoms with E-state index in [4.69, 9.17) is 9.47 Å². The van der Waals surface area contributed by atoms with E-state index in [1.165, 1.54) is 0 Å². The Morgan fingerprint density at radius 1 is 1.26 bits per heavy atom. The van der Waals surface area contributed by atoms with E-state index in [1.54, 1.807) is 0 Å². The molecule has 0 bridgehead atoms. The number of benzene rings is 1. The first-order valence-electron chi connectivity index (χ1n) is 8.21. The van der Waals surface area contributed by atoms with Gasteiger partial charge in [-0.1, -0.05) is 18.2 Å². The van der Waals surface area contributed by atoms with Crippen LogP contribution in [0, 0.1) is 0 Å². The Bertz CT molecular complexity index is 700. The van der Waals surface area contributed by atoms with E-state index in [-0.39, 0.29) is 17.6 Å². The molecule has 122 valence electrons. The van der Waals surface area contributed by atoms with E-state index in [9.17, 15) is 4.79 Å². The first-order valence-corrected chi connectivity index (χ1v) is 8.21. The van der Waals surface area contributed by atoms with E-state index in [0.717, 1.165) is 49.8 Å². The number of hydrogen-bond acceptors (Lipinski definition) is 4. The summed E-state index contributed by atoms with van der Waals surface area (Å²) in [5.74, 6) is -0.114. The largest absolute Gasteiger partial charge is 0.381 e. The Balaban J connectivity index is 1.48. The van der Waals surface area contributed by atoms with Crippen molar-refractivity contribution >= 4 is 16.8 Å². The minimum Gasteiger partial charge on any atom is -0.381 e. The standard InChI is InChI=1S/C17H21N3O3/c21-16(15-13-3-1-2-4-14(13)19-20-15)18-12-5-8-23-17(11-12)6-9-22-10-7-17/h1-4,12H,5-11H2,(H,18,21)(H,19,20). The van der Waals surface area contributed by atoms with Gasteiger partial charge in [0.2, 0.25) is 0 Å². The molecule has 0 radical (unpaired) electrons. The third kappa shape index (κ3) is 2.84. The smallest absolute Gasteiger partial charge is 0.272 e. The molecule has 1 unspecified atom stereocenters. The molecule has 2 aliphatic heterocycles. The summed E-state index contributed by atoms with van der Waals surface area (Å²) >= 11 is 0. The van der Waals surface area contributed by atoms with Crippen molar-refractivity contribution in [2.24, 2.45) is 0 Å². The van der Waals surface area contributed by atoms with Crippen molar-refractivity contribution in [1.29, 1.82) is 0 Å². The minimum atomic E-state index is -0.123. The zero-order valence-electron chi connectivity index (χ0n) is 13.0. The third-order valence-electron chi connectivity index (χ3n) is 4.92. The lowest BCUT2D eigenvalue weighted by molar-refractivity contribution is -0.139. The Labute approximate surface area is 134 Å². The van der Waals surface area contributed by atoms with E-state index < -0.39 is 0 Å². The molecule has 2 fully saturated rings. The maximum atomic E-state index is 12.6. The van der Waals surface area contributed by atoms with Crippen molar-refractivity contribution in [2.45, 2.75) is 37.3 Å². The Morgan fingerprint density at radius 3 is 2.96 bits per heavy atom. The van der Waals surface area contributed by atoms with Gasteiger partial charge in [0.1, 0.15) is 0 Å². The molecule has 0 aliphatic carbocycles. The van der Waals surface area contributed by atoms with Gasteiger partial charge in [0, 0.05) is 31.2 Å². The average molecular weight is 315 g/mol. The van der Waals surface area contributed by atoms with Crippen molar-refractivity contribution < 1.29 is 14.3 Å². The number of para-hydroxylation sites is 1. The second-order valence-corrected chi connectivity index (χ2v) is 6.42. The summed E-state index contributed by atoms with van der Waals surface area (Å²) in [7, 11) is 0. The maximum absolute atomic E-state index is 12.6. The van der Waals surface area contributed by atoms with E-state index in [1.807, 2.05) is 24.3 Å². The topological polar surface area (TPSA) is 76.2 Å². The van der Waals surface area contributed by atoms with Crippen LogP contribution in [0.25, 0.3) is 10.9 Å². The molecule has 1 atom stereocenters. The third-order valence-corrected chi connectivity index (χ3v) is 4.92. The molecule has 0 saturated carbocycles. The number of amides is 1. The quantitative estimate of drug-likeness (QED) is 0.889. The molecule has 1 aromatic heterocycles. The molecule has 1 amide bonds. The average Bonchev–Trinajstić information content (AvgIpc) is 3.00. The number of aromatic nitrogens is 2. The highest BCUT2D eigenvalue weighted by molar-refractivity contribution is 6.04. The predicted molar refractivity (Wildman–Crippen MR) is 85.3 cm³/mol. The number of hydrogen-bond donors (Lipinski definition) is 2. The van der Waals surface area contributed by atoms with Crippen LogP contribution >= 0.6 is 0 Å². The molecule has 2 aromatic rings. The van der Waals surface area contributed by atoms with Gasteiger partial charge in [-0.15, -0.1) is 0 Å². The second kappa shape index (κ2) is 5.94. The summed E-state index contributed by atoms with van der Waals surface area (Å²) in [6, 6.07) is 7.81. The fraction of sp³-hybridized carbons (Fsp3) is 0.529. The molecule has 2 saturated heterocycles. The van der Waals surface area contributed by atoms with Crippen LogP contribution in [0.2, 0.25) is 0 Å². The SMILES string of the molecule is O=C(NC1CCOC2(CCOCC2)C1)c1n[nH]c2ccccc12. The molecule has 2 aliphatic rings. The molecular weight excluding hydrogens is 294 g/mol. The fourth-order valence-corrected chi connectivity index (χ4v) is 3.63. The van der Waals surface area contributed by atoms with E-state index in [0.29, 0.717) is 12.3 Å². The number of H-pyrrole nitrogens is 1. The lowest BCUT2D eigenvalue weighted by atomic mass is 9.84. The molecule has 3 heterocycles. The van der Waals surface area contributed by atoms with Gasteiger partial charge in [-0.25, -0.2) is 0 Å². The molecule has 6 heteroatoms. The summed E-state index contributed by atoms with van der Waals surface area (Å²) in [6.45, 7) is 2.17. The van der Waals surface area contributed by atoms with Gasteiger partial charge in [0.25, 0.3) is 5.91 Å². The van der Waals surface area contributed by atoms with Gasteiger partial charge >= 0.3 is 0 Å². The summed E-state index contributed by atoms with van der Waals surface area (Å²) < 4.78 is 11.5. The number of carbonyl (C=O) groups is 1. The lowest BCUT2D eigenvalue weighted by Crippen LogP contribution is -2.51. The van der Waals surface area contributed by atoms with Gasteiger partial charge in [-0.3, -0.25) is 9.89 Å². The van der Waals surface area contributed by atoms with Crippen LogP contribution in [0.3, 0.4) is 0 Å². The van der Waals surface area contributed by atoms with Crippen molar-refractivity contribution in [3.8, 4) is 0 Å². The highest BCUT2D eigenvalue weighted by Crippen LogP contribution is 2.34. The highest BCUT2D eigenvalue weighted by Gasteiger charge is 2.39. The van der Waals surface area contributed by atoms with Gasteiger partial charge in [0.05, 0.1) is 11.1 Å². The Morgan fingerprint density at radius 2 is 2.09 bits per heavy atom. The number of fused-ring (bicyclic) bond motifs is 1. The summed E-state index contributed by atoms with van der Waals surface area (Å²) in [5, 5.41) is 11.1. The van der Waals surface area contributed by atoms with Crippen LogP contribution in [0.15, 0.2) is 24.3 Å². The molecule has 1 aromatic carbocycles. The van der Waals surface area contributed by atoms with Crippen LogP contribution in [0.5, 0.6) is 0 Å². The zero-order chi connectivity index (χ0) is 15.7. The Hall–Kier alpha value is -1.92. The maximum Gasteiger partial charge on any atom is 0.272 e. The molecule has 23 heavy (non-hydrogen) atoms. The summed E-state index contributed by atoms with van der Waals surface area (Å²) in [5.41, 5.74) is 1.22. The first kappa shape index (κ1) is 14.7. The number of ether oxygens (including phenoxy) is 2. The summed E-state index contributed by atoms with van der Waals surface area (Å²) in [4.78, 5) is 12.6. The number of carbonyl (C=O) groups excluding carboxylic acids is 1. The predicted octanol–water partition coefficient (Wildman–Crippen LogP) is 2.02. The number of nitrogens with one attached hydrogen (secondary N) is 2. The number of aromatic amines is 1. The van der Waals surface area contributed by atoms with E-state index >= 15 is 0 Å². The van der Waals surface area contributed by atoms with Crippen LogP contribution < -0.4 is 5.32 Å².